The van der Waals surface area contributed by atoms with Crippen LogP contribution in [0, 0.1) is 0 Å². The fourth-order valence-corrected chi connectivity index (χ4v) is 11.0. The Balaban J connectivity index is 0.784. The van der Waals surface area contributed by atoms with Crippen molar-refractivity contribution in [3.63, 3.8) is 0 Å². The smallest absolute Gasteiger partial charge is 0.145 e. The largest absolute Gasteiger partial charge is 0.311 e. The molecule has 0 aliphatic carbocycles. The van der Waals surface area contributed by atoms with Crippen LogP contribution in [0.4, 0.5) is 17.1 Å². The summed E-state index contributed by atoms with van der Waals surface area (Å²) in [7, 11) is 0. The van der Waals surface area contributed by atoms with Gasteiger partial charge in [0, 0.05) is 39.6 Å². The molecule has 0 saturated heterocycles. The number of para-hydroxylation sites is 2. The molecule has 14 aromatic rings. The molecular weight excluding hydrogens is 959 g/mol. The highest BCUT2D eigenvalue weighted by molar-refractivity contribution is 5.90. The summed E-state index contributed by atoms with van der Waals surface area (Å²) in [6, 6.07) is 110. The van der Waals surface area contributed by atoms with Gasteiger partial charge in [-0.3, -0.25) is 9.13 Å². The molecule has 0 saturated carbocycles. The quantitative estimate of drug-likeness (QED) is 0.122. The second-order valence-corrected chi connectivity index (χ2v) is 19.9. The first-order valence-electron chi connectivity index (χ1n) is 26.8. The fourth-order valence-electron chi connectivity index (χ4n) is 11.0. The molecule has 0 amide bonds. The topological polar surface area (TPSA) is 38.9 Å². The molecule has 5 heteroatoms. The molecule has 14 rings (SSSR count). The van der Waals surface area contributed by atoms with E-state index in [0.29, 0.717) is 0 Å². The number of anilines is 3. The zero-order chi connectivity index (χ0) is 52.5. The van der Waals surface area contributed by atoms with E-state index in [1.165, 1.54) is 11.1 Å². The Morgan fingerprint density at radius 1 is 0.215 bits per heavy atom. The van der Waals surface area contributed by atoms with E-state index in [1.807, 2.05) is 12.1 Å². The summed E-state index contributed by atoms with van der Waals surface area (Å²) < 4.78 is 4.55. The van der Waals surface area contributed by atoms with E-state index in [2.05, 4.69) is 311 Å². The van der Waals surface area contributed by atoms with Crippen molar-refractivity contribution in [2.45, 2.75) is 0 Å². The number of imidazole rings is 2. The van der Waals surface area contributed by atoms with Gasteiger partial charge in [0.2, 0.25) is 0 Å². The minimum absolute atomic E-state index is 0.923. The van der Waals surface area contributed by atoms with Gasteiger partial charge in [0.15, 0.2) is 0 Å². The molecule has 0 atom stereocenters. The molecule has 0 fully saturated rings. The first kappa shape index (κ1) is 46.9. The minimum atomic E-state index is 0.923. The molecule has 2 heterocycles. The van der Waals surface area contributed by atoms with Gasteiger partial charge >= 0.3 is 0 Å². The highest BCUT2D eigenvalue weighted by Gasteiger charge is 2.19. The highest BCUT2D eigenvalue weighted by atomic mass is 15.1. The molecule has 0 bridgehead atoms. The average Bonchev–Trinajstić information content (AvgIpc) is 4.17. The van der Waals surface area contributed by atoms with Crippen molar-refractivity contribution >= 4 is 39.1 Å². The van der Waals surface area contributed by atoms with Gasteiger partial charge in [-0.05, 0) is 153 Å². The molecule has 0 aliphatic rings. The lowest BCUT2D eigenvalue weighted by atomic mass is 9.98. The van der Waals surface area contributed by atoms with Gasteiger partial charge in [-0.25, -0.2) is 9.97 Å². The summed E-state index contributed by atoms with van der Waals surface area (Å²) in [5.74, 6) is 1.85. The van der Waals surface area contributed by atoms with E-state index in [-0.39, 0.29) is 0 Å². The van der Waals surface area contributed by atoms with E-state index in [9.17, 15) is 0 Å². The molecule has 0 unspecified atom stereocenters. The second kappa shape index (κ2) is 20.5. The van der Waals surface area contributed by atoms with Crippen molar-refractivity contribution < 1.29 is 0 Å². The van der Waals surface area contributed by atoms with Crippen LogP contribution < -0.4 is 4.90 Å². The zero-order valence-electron chi connectivity index (χ0n) is 43.2. The monoisotopic (exact) mass is 1010 g/mol. The van der Waals surface area contributed by atoms with Crippen molar-refractivity contribution in [3.05, 3.63) is 309 Å². The number of fused-ring (bicyclic) bond motifs is 2. The van der Waals surface area contributed by atoms with Crippen LogP contribution in [0.2, 0.25) is 0 Å². The molecule has 2 aromatic heterocycles. The summed E-state index contributed by atoms with van der Waals surface area (Å²) >= 11 is 0. The van der Waals surface area contributed by atoms with Crippen LogP contribution in [0.5, 0.6) is 0 Å². The van der Waals surface area contributed by atoms with Crippen molar-refractivity contribution in [1.29, 1.82) is 0 Å². The Hall–Kier alpha value is -10.6. The fraction of sp³-hybridized carbons (Fsp3) is 0. The number of hydrogen-bond donors (Lipinski definition) is 0. The third kappa shape index (κ3) is 9.15. The summed E-state index contributed by atoms with van der Waals surface area (Å²) in [5.41, 5.74) is 23.1. The van der Waals surface area contributed by atoms with Gasteiger partial charge < -0.3 is 4.90 Å². The third-order valence-electron chi connectivity index (χ3n) is 14.9. The van der Waals surface area contributed by atoms with E-state index >= 15 is 0 Å². The molecule has 0 radical (unpaired) electrons. The van der Waals surface area contributed by atoms with Crippen LogP contribution in [0.15, 0.2) is 309 Å². The average molecular weight is 1010 g/mol. The van der Waals surface area contributed by atoms with E-state index < -0.39 is 0 Å². The Labute approximate surface area is 459 Å². The van der Waals surface area contributed by atoms with Crippen molar-refractivity contribution in [2.24, 2.45) is 0 Å². The van der Waals surface area contributed by atoms with Crippen LogP contribution in [-0.4, -0.2) is 19.1 Å². The highest BCUT2D eigenvalue weighted by Crippen LogP contribution is 2.40. The van der Waals surface area contributed by atoms with Gasteiger partial charge in [0.05, 0.1) is 22.1 Å². The Kier molecular flexibility index (Phi) is 12.2. The maximum atomic E-state index is 5.16. The first-order valence-corrected chi connectivity index (χ1v) is 26.8. The number of hydrogen-bond acceptors (Lipinski definition) is 3. The lowest BCUT2D eigenvalue weighted by molar-refractivity contribution is 1.10. The van der Waals surface area contributed by atoms with Gasteiger partial charge in [-0.1, -0.05) is 212 Å². The van der Waals surface area contributed by atoms with Crippen molar-refractivity contribution in [3.8, 4) is 89.8 Å². The molecule has 0 N–H and O–H groups in total. The Morgan fingerprint density at radius 3 is 0.848 bits per heavy atom. The summed E-state index contributed by atoms with van der Waals surface area (Å²) in [4.78, 5) is 12.7. The predicted octanol–water partition coefficient (Wildman–Crippen LogP) is 19.5. The molecule has 372 valence electrons. The van der Waals surface area contributed by atoms with E-state index in [4.69, 9.17) is 9.97 Å². The number of rotatable bonds is 12. The van der Waals surface area contributed by atoms with Crippen LogP contribution in [0.3, 0.4) is 0 Å². The van der Waals surface area contributed by atoms with Crippen LogP contribution in [-0.2, 0) is 0 Å². The van der Waals surface area contributed by atoms with Crippen LogP contribution in [0.1, 0.15) is 0 Å². The van der Waals surface area contributed by atoms with Crippen LogP contribution in [0.25, 0.3) is 112 Å². The molecule has 5 nitrogen and oxygen atoms in total. The standard InChI is InChI=1S/C74H51N5/c1-6-18-52(19-7-1)53-32-40-66(41-33-53)77(67-42-34-54(35-43-67)58-24-16-26-60(48-58)62-38-46-69-71(50-62)78(64-28-12-4-13-29-64)73(75-69)56-20-8-2-9-21-56)68-44-36-55(37-45-68)59-25-17-27-61(49-59)63-39-47-70-72(51-63)79(65-30-14-5-15-31-65)74(76-70)57-22-10-3-11-23-57/h1-51H. The maximum Gasteiger partial charge on any atom is 0.145 e. The van der Waals surface area contributed by atoms with E-state index in [1.54, 1.807) is 0 Å². The van der Waals surface area contributed by atoms with Gasteiger partial charge in [0.1, 0.15) is 11.6 Å². The number of benzene rings is 12. The Bertz CT molecular complexity index is 4170. The summed E-state index contributed by atoms with van der Waals surface area (Å²) in [6.45, 7) is 0. The zero-order valence-corrected chi connectivity index (χ0v) is 43.2. The SMILES string of the molecule is c1ccc(-c2ccc(N(c3ccc(-c4cccc(-c5ccc6nc(-c7ccccc7)n(-c7ccccc7)c6c5)c4)cc3)c3ccc(-c4cccc(-c5ccc6nc(-c7ccccc7)n(-c7ccccc7)c6c5)c4)cc3)cc2)cc1. The van der Waals surface area contributed by atoms with Gasteiger partial charge in [-0.15, -0.1) is 0 Å². The predicted molar refractivity (Wildman–Crippen MR) is 328 cm³/mol. The molecular formula is C74H51N5. The minimum Gasteiger partial charge on any atom is -0.311 e. The Morgan fingerprint density at radius 2 is 0.481 bits per heavy atom. The third-order valence-corrected chi connectivity index (χ3v) is 14.9. The molecule has 0 aliphatic heterocycles. The first-order chi connectivity index (χ1) is 39.1. The van der Waals surface area contributed by atoms with Gasteiger partial charge in [0.25, 0.3) is 0 Å². The second-order valence-electron chi connectivity index (χ2n) is 19.9. The molecule has 79 heavy (non-hydrogen) atoms. The van der Waals surface area contributed by atoms with Crippen molar-refractivity contribution in [1.82, 2.24) is 19.1 Å². The van der Waals surface area contributed by atoms with E-state index in [0.717, 1.165) is 118 Å². The molecule has 0 spiro atoms. The number of nitrogens with zero attached hydrogens (tertiary/aromatic N) is 5. The summed E-state index contributed by atoms with van der Waals surface area (Å²) in [5, 5.41) is 0. The maximum absolute atomic E-state index is 5.16. The van der Waals surface area contributed by atoms with Gasteiger partial charge in [-0.2, -0.15) is 0 Å². The normalized spacial score (nSPS) is 11.3. The van der Waals surface area contributed by atoms with Crippen molar-refractivity contribution in [2.75, 3.05) is 4.90 Å². The number of aromatic nitrogens is 4. The lowest BCUT2D eigenvalue weighted by Gasteiger charge is -2.26. The molecule has 12 aromatic carbocycles. The van der Waals surface area contributed by atoms with Crippen LogP contribution >= 0.6 is 0 Å². The summed E-state index contributed by atoms with van der Waals surface area (Å²) in [6.07, 6.45) is 0. The lowest BCUT2D eigenvalue weighted by Crippen LogP contribution is -2.09.